The highest BCUT2D eigenvalue weighted by Gasteiger charge is 2.10. The summed E-state index contributed by atoms with van der Waals surface area (Å²) in [5.41, 5.74) is 1.48. The van der Waals surface area contributed by atoms with Crippen molar-refractivity contribution >= 4 is 46.6 Å². The Balaban J connectivity index is 1.94. The summed E-state index contributed by atoms with van der Waals surface area (Å²) in [7, 11) is 0. The van der Waals surface area contributed by atoms with Gasteiger partial charge in [0.05, 0.1) is 4.92 Å². The van der Waals surface area contributed by atoms with Crippen LogP contribution in [0.5, 0.6) is 0 Å². The van der Waals surface area contributed by atoms with Crippen LogP contribution in [0.2, 0.25) is 0 Å². The van der Waals surface area contributed by atoms with E-state index >= 15 is 0 Å². The van der Waals surface area contributed by atoms with Gasteiger partial charge in [0.25, 0.3) is 11.6 Å². The van der Waals surface area contributed by atoms with Crippen molar-refractivity contribution in [3.05, 3.63) is 75.8 Å². The molecule has 2 aromatic rings. The molecular weight excluding hydrogens is 404 g/mol. The highest BCUT2D eigenvalue weighted by molar-refractivity contribution is 7.80. The zero-order valence-corrected chi connectivity index (χ0v) is 17.4. The zero-order chi connectivity index (χ0) is 22.1. The Morgan fingerprint density at radius 2 is 1.93 bits per heavy atom. The predicted molar refractivity (Wildman–Crippen MR) is 120 cm³/mol. The largest absolute Gasteiger partial charge is 0.350 e. The van der Waals surface area contributed by atoms with Gasteiger partial charge < -0.3 is 10.6 Å². The zero-order valence-electron chi connectivity index (χ0n) is 16.5. The maximum absolute atomic E-state index is 12.2. The first kappa shape index (κ1) is 22.7. The van der Waals surface area contributed by atoms with E-state index in [0.717, 1.165) is 6.42 Å². The predicted octanol–water partition coefficient (Wildman–Crippen LogP) is 3.65. The highest BCUT2D eigenvalue weighted by atomic mass is 32.1. The van der Waals surface area contributed by atoms with E-state index in [1.165, 1.54) is 30.4 Å². The monoisotopic (exact) mass is 426 g/mol. The molecule has 2 rings (SSSR count). The van der Waals surface area contributed by atoms with Crippen LogP contribution in [-0.4, -0.2) is 27.9 Å². The van der Waals surface area contributed by atoms with Crippen LogP contribution in [0.25, 0.3) is 6.08 Å². The minimum absolute atomic E-state index is 0.0585. The number of non-ortho nitro benzene ring substituents is 1. The Bertz CT molecular complexity index is 990. The third-order valence-electron chi connectivity index (χ3n) is 4.12. The van der Waals surface area contributed by atoms with Crippen LogP contribution < -0.4 is 16.0 Å². The van der Waals surface area contributed by atoms with Crippen molar-refractivity contribution in [2.75, 3.05) is 5.32 Å². The fourth-order valence-electron chi connectivity index (χ4n) is 2.38. The Morgan fingerprint density at radius 3 is 2.63 bits per heavy atom. The second kappa shape index (κ2) is 10.8. The van der Waals surface area contributed by atoms with Gasteiger partial charge in [0.15, 0.2) is 5.11 Å². The van der Waals surface area contributed by atoms with Gasteiger partial charge in [-0.05, 0) is 55.4 Å². The molecule has 3 N–H and O–H groups in total. The molecule has 0 saturated heterocycles. The van der Waals surface area contributed by atoms with E-state index in [1.54, 1.807) is 30.3 Å². The van der Waals surface area contributed by atoms with E-state index in [-0.39, 0.29) is 22.7 Å². The fourth-order valence-corrected chi connectivity index (χ4v) is 2.60. The van der Waals surface area contributed by atoms with E-state index in [9.17, 15) is 19.7 Å². The molecule has 0 fully saturated rings. The molecule has 8 nitrogen and oxygen atoms in total. The second-order valence-electron chi connectivity index (χ2n) is 6.49. The third kappa shape index (κ3) is 7.10. The van der Waals surface area contributed by atoms with Crippen molar-refractivity contribution in [2.24, 2.45) is 0 Å². The van der Waals surface area contributed by atoms with Gasteiger partial charge in [0.1, 0.15) is 0 Å². The molecule has 0 bridgehead atoms. The Kier molecular flexibility index (Phi) is 8.18. The van der Waals surface area contributed by atoms with Crippen molar-refractivity contribution in [3.8, 4) is 0 Å². The van der Waals surface area contributed by atoms with Crippen LogP contribution in [0.1, 0.15) is 36.2 Å². The molecule has 0 aliphatic carbocycles. The summed E-state index contributed by atoms with van der Waals surface area (Å²) >= 11 is 5.13. The topological polar surface area (TPSA) is 113 Å². The molecule has 2 amide bonds. The number of rotatable bonds is 7. The molecule has 0 heterocycles. The van der Waals surface area contributed by atoms with Crippen molar-refractivity contribution in [1.29, 1.82) is 0 Å². The SMILES string of the molecule is CCC(C)NC(=O)c1cccc(NC(=S)NC(=O)/C=C/c2cccc([N+](=O)[O-])c2)c1. The van der Waals surface area contributed by atoms with E-state index in [4.69, 9.17) is 12.2 Å². The standard InChI is InChI=1S/C21H22N4O4S/c1-3-14(2)22-20(27)16-7-5-8-17(13-16)23-21(30)24-19(26)11-10-15-6-4-9-18(12-15)25(28)29/h4-14H,3H2,1-2H3,(H,22,27)(H2,23,24,26,30)/b11-10+. The Hall–Kier alpha value is -3.59. The van der Waals surface area contributed by atoms with Gasteiger partial charge in [-0.2, -0.15) is 0 Å². The first-order valence-corrected chi connectivity index (χ1v) is 9.64. The smallest absolute Gasteiger partial charge is 0.270 e. The second-order valence-corrected chi connectivity index (χ2v) is 6.90. The number of hydrogen-bond donors (Lipinski definition) is 3. The summed E-state index contributed by atoms with van der Waals surface area (Å²) in [6, 6.07) is 12.7. The lowest BCUT2D eigenvalue weighted by Gasteiger charge is -2.13. The summed E-state index contributed by atoms with van der Waals surface area (Å²) in [6.45, 7) is 3.91. The minimum atomic E-state index is -0.506. The molecule has 1 unspecified atom stereocenters. The molecule has 2 aromatic carbocycles. The van der Waals surface area contributed by atoms with Gasteiger partial charge in [-0.15, -0.1) is 0 Å². The number of nitrogens with one attached hydrogen (secondary N) is 3. The number of anilines is 1. The van der Waals surface area contributed by atoms with Crippen molar-refractivity contribution in [1.82, 2.24) is 10.6 Å². The fraction of sp³-hybridized carbons (Fsp3) is 0.190. The van der Waals surface area contributed by atoms with Crippen LogP contribution >= 0.6 is 12.2 Å². The van der Waals surface area contributed by atoms with Crippen LogP contribution in [0.3, 0.4) is 0 Å². The first-order valence-electron chi connectivity index (χ1n) is 9.24. The molecule has 0 spiro atoms. The number of carbonyl (C=O) groups excluding carboxylic acids is 2. The maximum atomic E-state index is 12.2. The van der Waals surface area contributed by atoms with E-state index in [0.29, 0.717) is 16.8 Å². The van der Waals surface area contributed by atoms with Gasteiger partial charge >= 0.3 is 0 Å². The van der Waals surface area contributed by atoms with Crippen LogP contribution in [0.15, 0.2) is 54.6 Å². The summed E-state index contributed by atoms with van der Waals surface area (Å²) in [5, 5.41) is 19.1. The lowest BCUT2D eigenvalue weighted by molar-refractivity contribution is -0.384. The molecule has 0 aliphatic rings. The lowest BCUT2D eigenvalue weighted by Crippen LogP contribution is -2.33. The third-order valence-corrected chi connectivity index (χ3v) is 4.32. The number of nitro groups is 1. The van der Waals surface area contributed by atoms with Crippen molar-refractivity contribution in [3.63, 3.8) is 0 Å². The number of nitrogens with zero attached hydrogens (tertiary/aromatic N) is 1. The normalized spacial score (nSPS) is 11.5. The number of nitro benzene ring substituents is 1. The number of carbonyl (C=O) groups is 2. The quantitative estimate of drug-likeness (QED) is 0.270. The average Bonchev–Trinajstić information content (AvgIpc) is 2.72. The van der Waals surface area contributed by atoms with Gasteiger partial charge in [-0.1, -0.05) is 25.1 Å². The van der Waals surface area contributed by atoms with Gasteiger partial charge in [0.2, 0.25) is 5.91 Å². The van der Waals surface area contributed by atoms with E-state index in [1.807, 2.05) is 13.8 Å². The van der Waals surface area contributed by atoms with Crippen molar-refractivity contribution in [2.45, 2.75) is 26.3 Å². The van der Waals surface area contributed by atoms with Crippen molar-refractivity contribution < 1.29 is 14.5 Å². The number of benzene rings is 2. The molecular formula is C21H22N4O4S. The summed E-state index contributed by atoms with van der Waals surface area (Å²) < 4.78 is 0. The molecule has 1 atom stereocenters. The Morgan fingerprint density at radius 1 is 1.20 bits per heavy atom. The molecule has 0 saturated carbocycles. The first-order chi connectivity index (χ1) is 14.3. The van der Waals surface area contributed by atoms with Gasteiger partial charge in [-0.25, -0.2) is 0 Å². The number of amides is 2. The Labute approximate surface area is 179 Å². The molecule has 30 heavy (non-hydrogen) atoms. The van der Waals surface area contributed by atoms with Crippen LogP contribution in [0.4, 0.5) is 11.4 Å². The van der Waals surface area contributed by atoms with Gasteiger partial charge in [0, 0.05) is 35.5 Å². The number of thiocarbonyl (C=S) groups is 1. The molecule has 156 valence electrons. The molecule has 0 aliphatic heterocycles. The molecule has 9 heteroatoms. The average molecular weight is 426 g/mol. The van der Waals surface area contributed by atoms with E-state index < -0.39 is 10.8 Å². The highest BCUT2D eigenvalue weighted by Crippen LogP contribution is 2.14. The van der Waals surface area contributed by atoms with Crippen LogP contribution in [0, 0.1) is 10.1 Å². The lowest BCUT2D eigenvalue weighted by atomic mass is 10.1. The summed E-state index contributed by atoms with van der Waals surface area (Å²) in [4.78, 5) is 34.6. The summed E-state index contributed by atoms with van der Waals surface area (Å²) in [6.07, 6.45) is 3.50. The van der Waals surface area contributed by atoms with Gasteiger partial charge in [-0.3, -0.25) is 25.0 Å². The molecule has 0 aromatic heterocycles. The number of hydrogen-bond acceptors (Lipinski definition) is 5. The summed E-state index contributed by atoms with van der Waals surface area (Å²) in [5.74, 6) is -0.687. The minimum Gasteiger partial charge on any atom is -0.350 e. The molecule has 0 radical (unpaired) electrons. The maximum Gasteiger partial charge on any atom is 0.270 e. The van der Waals surface area contributed by atoms with E-state index in [2.05, 4.69) is 16.0 Å². The van der Waals surface area contributed by atoms with Crippen LogP contribution in [-0.2, 0) is 4.79 Å².